The fourth-order valence-corrected chi connectivity index (χ4v) is 5.26. The maximum absolute atomic E-state index is 13.2. The minimum Gasteiger partial charge on any atom is -0.458 e. The topological polar surface area (TPSA) is 49.8 Å². The lowest BCUT2D eigenvalue weighted by Crippen LogP contribution is -2.45. The van der Waals surface area contributed by atoms with Crippen LogP contribution in [0.5, 0.6) is 0 Å². The Morgan fingerprint density at radius 1 is 0.875 bits per heavy atom. The van der Waals surface area contributed by atoms with Gasteiger partial charge >= 0.3 is 5.97 Å². The van der Waals surface area contributed by atoms with Crippen LogP contribution in [0.1, 0.15) is 68.1 Å². The normalized spacial score (nSPS) is 19.9. The quantitative estimate of drug-likeness (QED) is 0.577. The lowest BCUT2D eigenvalue weighted by Gasteiger charge is -2.36. The molecule has 4 rings (SSSR count). The van der Waals surface area contributed by atoms with Gasteiger partial charge in [0.1, 0.15) is 6.61 Å². The predicted molar refractivity (Wildman–Crippen MR) is 127 cm³/mol. The number of esters is 1. The third-order valence-corrected chi connectivity index (χ3v) is 7.28. The van der Waals surface area contributed by atoms with Crippen LogP contribution in [0.25, 0.3) is 0 Å². The second-order valence-electron chi connectivity index (χ2n) is 9.51. The molecule has 1 aliphatic carbocycles. The summed E-state index contributed by atoms with van der Waals surface area (Å²) in [6.45, 7) is 3.74. The number of nitrogens with zero attached hydrogens (tertiary/aromatic N) is 1. The summed E-state index contributed by atoms with van der Waals surface area (Å²) in [5.74, 6) is -0.618. The Morgan fingerprint density at radius 2 is 1.50 bits per heavy atom. The largest absolute Gasteiger partial charge is 0.458 e. The van der Waals surface area contributed by atoms with Gasteiger partial charge < -0.3 is 14.7 Å². The van der Waals surface area contributed by atoms with Crippen molar-refractivity contribution < 1.29 is 14.6 Å². The van der Waals surface area contributed by atoms with Crippen LogP contribution in [0.3, 0.4) is 0 Å². The van der Waals surface area contributed by atoms with Crippen molar-refractivity contribution in [1.82, 2.24) is 4.90 Å². The number of hydrogen-bond acceptors (Lipinski definition) is 4. The van der Waals surface area contributed by atoms with Crippen LogP contribution in [0, 0.1) is 5.92 Å². The second kappa shape index (κ2) is 11.1. The van der Waals surface area contributed by atoms with E-state index in [1.807, 2.05) is 42.5 Å². The van der Waals surface area contributed by atoms with E-state index in [2.05, 4.69) is 17.0 Å². The average molecular weight is 436 g/mol. The van der Waals surface area contributed by atoms with E-state index in [0.717, 1.165) is 44.2 Å². The zero-order chi connectivity index (χ0) is 22.2. The fraction of sp³-hybridized carbons (Fsp3) is 0.536. The molecule has 1 saturated heterocycles. The highest BCUT2D eigenvalue weighted by molar-refractivity contribution is 5.81. The number of benzene rings is 2. The first kappa shape index (κ1) is 23.0. The number of piperidine rings is 1. The first-order valence-electron chi connectivity index (χ1n) is 12.4. The van der Waals surface area contributed by atoms with Crippen LogP contribution in [-0.2, 0) is 28.2 Å². The van der Waals surface area contributed by atoms with Crippen molar-refractivity contribution in [2.24, 2.45) is 5.92 Å². The molecular formula is C28H37NO3. The van der Waals surface area contributed by atoms with E-state index < -0.39 is 11.6 Å². The lowest BCUT2D eigenvalue weighted by atomic mass is 9.73. The van der Waals surface area contributed by atoms with Crippen molar-refractivity contribution in [3.05, 3.63) is 71.3 Å². The van der Waals surface area contributed by atoms with Crippen LogP contribution < -0.4 is 0 Å². The van der Waals surface area contributed by atoms with Gasteiger partial charge in [-0.2, -0.15) is 0 Å². The first-order valence-corrected chi connectivity index (χ1v) is 12.4. The summed E-state index contributed by atoms with van der Waals surface area (Å²) in [5.41, 5.74) is 1.34. The molecule has 1 saturated carbocycles. The highest BCUT2D eigenvalue weighted by Gasteiger charge is 2.47. The van der Waals surface area contributed by atoms with Gasteiger partial charge in [-0.05, 0) is 61.9 Å². The Hall–Kier alpha value is -2.17. The van der Waals surface area contributed by atoms with Gasteiger partial charge in [0, 0.05) is 12.5 Å². The molecule has 1 aliphatic heterocycles. The number of rotatable bonds is 8. The molecule has 172 valence electrons. The average Bonchev–Trinajstić information content (AvgIpc) is 2.88. The molecule has 4 nitrogen and oxygen atoms in total. The summed E-state index contributed by atoms with van der Waals surface area (Å²) >= 11 is 0. The summed E-state index contributed by atoms with van der Waals surface area (Å²) in [6.07, 6.45) is 10.0. The zero-order valence-corrected chi connectivity index (χ0v) is 19.2. The third kappa shape index (κ3) is 5.60. The summed E-state index contributed by atoms with van der Waals surface area (Å²) in [4.78, 5) is 15.8. The number of likely N-dealkylation sites (tertiary alicyclic amines) is 1. The molecule has 2 aromatic rings. The van der Waals surface area contributed by atoms with Gasteiger partial charge in [0.15, 0.2) is 5.60 Å². The van der Waals surface area contributed by atoms with Gasteiger partial charge in [0.25, 0.3) is 0 Å². The van der Waals surface area contributed by atoms with E-state index in [1.54, 1.807) is 0 Å². The Morgan fingerprint density at radius 3 is 2.19 bits per heavy atom. The Kier molecular flexibility index (Phi) is 7.99. The maximum Gasteiger partial charge on any atom is 0.343 e. The Labute approximate surface area is 192 Å². The fourth-order valence-electron chi connectivity index (χ4n) is 5.26. The van der Waals surface area contributed by atoms with Gasteiger partial charge in [-0.1, -0.05) is 80.3 Å². The SMILES string of the molecule is O=C(OCc1ccc(CCN2CCCCC2)cc1)C(O)(c1ccccc1)C1CCCCC1. The van der Waals surface area contributed by atoms with Crippen LogP contribution in [-0.4, -0.2) is 35.6 Å². The monoisotopic (exact) mass is 435 g/mol. The number of carbonyl (C=O) groups is 1. The van der Waals surface area contributed by atoms with Gasteiger partial charge in [0.2, 0.25) is 0 Å². The molecular weight excluding hydrogens is 398 g/mol. The second-order valence-corrected chi connectivity index (χ2v) is 9.51. The van der Waals surface area contributed by atoms with Crippen molar-refractivity contribution in [2.75, 3.05) is 19.6 Å². The highest BCUT2D eigenvalue weighted by atomic mass is 16.5. The number of hydrogen-bond donors (Lipinski definition) is 1. The van der Waals surface area contributed by atoms with E-state index in [1.165, 1.54) is 44.3 Å². The van der Waals surface area contributed by atoms with Crippen molar-refractivity contribution in [1.29, 1.82) is 0 Å². The lowest BCUT2D eigenvalue weighted by molar-refractivity contribution is -0.177. The molecule has 1 atom stereocenters. The van der Waals surface area contributed by atoms with Crippen molar-refractivity contribution >= 4 is 5.97 Å². The molecule has 32 heavy (non-hydrogen) atoms. The van der Waals surface area contributed by atoms with Gasteiger partial charge in [0.05, 0.1) is 0 Å². The molecule has 1 unspecified atom stereocenters. The Balaban J connectivity index is 1.36. The summed E-state index contributed by atoms with van der Waals surface area (Å²) in [5, 5.41) is 11.6. The number of carbonyl (C=O) groups excluding carboxylic acids is 1. The summed E-state index contributed by atoms with van der Waals surface area (Å²) in [7, 11) is 0. The Bertz CT molecular complexity index is 839. The predicted octanol–water partition coefficient (Wildman–Crippen LogP) is 5.23. The molecule has 0 amide bonds. The van der Waals surface area contributed by atoms with E-state index in [-0.39, 0.29) is 12.5 Å². The van der Waals surface area contributed by atoms with Crippen molar-refractivity contribution in [2.45, 2.75) is 70.0 Å². The molecule has 0 spiro atoms. The molecule has 2 fully saturated rings. The highest BCUT2D eigenvalue weighted by Crippen LogP contribution is 2.40. The van der Waals surface area contributed by atoms with Crippen molar-refractivity contribution in [3.8, 4) is 0 Å². The minimum absolute atomic E-state index is 0.0942. The summed E-state index contributed by atoms with van der Waals surface area (Å²) in [6, 6.07) is 17.7. The van der Waals surface area contributed by atoms with Crippen LogP contribution in [0.15, 0.2) is 54.6 Å². The first-order chi connectivity index (χ1) is 15.7. The smallest absolute Gasteiger partial charge is 0.343 e. The molecule has 1 N–H and O–H groups in total. The molecule has 0 aromatic heterocycles. The van der Waals surface area contributed by atoms with E-state index >= 15 is 0 Å². The zero-order valence-electron chi connectivity index (χ0n) is 19.2. The van der Waals surface area contributed by atoms with Crippen molar-refractivity contribution in [3.63, 3.8) is 0 Å². The molecule has 2 aliphatic rings. The molecule has 2 aromatic carbocycles. The molecule has 4 heteroatoms. The maximum atomic E-state index is 13.2. The summed E-state index contributed by atoms with van der Waals surface area (Å²) < 4.78 is 5.70. The van der Waals surface area contributed by atoms with Crippen LogP contribution >= 0.6 is 0 Å². The van der Waals surface area contributed by atoms with Gasteiger partial charge in [-0.15, -0.1) is 0 Å². The standard InChI is InChI=1S/C28H37NO3/c30-27(28(31,25-10-4-1-5-11-25)26-12-6-2-7-13-26)32-22-24-16-14-23(15-17-24)18-21-29-19-8-3-9-20-29/h1,4-5,10-11,14-17,26,31H,2-3,6-9,12-13,18-22H2. The van der Waals surface area contributed by atoms with Gasteiger partial charge in [-0.25, -0.2) is 4.79 Å². The van der Waals surface area contributed by atoms with Gasteiger partial charge in [-0.3, -0.25) is 0 Å². The number of aliphatic hydroxyl groups is 1. The minimum atomic E-state index is -1.57. The third-order valence-electron chi connectivity index (χ3n) is 7.28. The molecule has 0 radical (unpaired) electrons. The molecule has 0 bridgehead atoms. The van der Waals surface area contributed by atoms with E-state index in [9.17, 15) is 9.90 Å². The number of ether oxygens (including phenoxy) is 1. The van der Waals surface area contributed by atoms with E-state index in [4.69, 9.17) is 4.74 Å². The van der Waals surface area contributed by atoms with E-state index in [0.29, 0.717) is 5.56 Å². The van der Waals surface area contributed by atoms with Crippen LogP contribution in [0.2, 0.25) is 0 Å². The van der Waals surface area contributed by atoms with Crippen LogP contribution in [0.4, 0.5) is 0 Å². The molecule has 1 heterocycles.